The molecule has 3 N–H and O–H groups in total. The van der Waals surface area contributed by atoms with Crippen LogP contribution in [0.15, 0.2) is 47.4 Å². The molecule has 0 aliphatic heterocycles. The number of rotatable bonds is 3. The number of halogens is 2. The lowest BCUT2D eigenvalue weighted by Gasteiger charge is -2.09. The summed E-state index contributed by atoms with van der Waals surface area (Å²) < 4.78 is 39.5. The van der Waals surface area contributed by atoms with E-state index in [1.165, 1.54) is 18.2 Å². The van der Waals surface area contributed by atoms with Gasteiger partial charge in [-0.25, -0.2) is 12.8 Å². The Balaban J connectivity index is 2.37. The summed E-state index contributed by atoms with van der Waals surface area (Å²) >= 11 is 5.76. The highest BCUT2D eigenvalue weighted by Gasteiger charge is 2.16. The summed E-state index contributed by atoms with van der Waals surface area (Å²) in [4.78, 5) is -0.245. The molecule has 0 saturated carbocycles. The van der Waals surface area contributed by atoms with Crippen molar-refractivity contribution in [2.75, 3.05) is 10.5 Å². The highest BCUT2D eigenvalue weighted by molar-refractivity contribution is 7.92. The zero-order valence-electron chi connectivity index (χ0n) is 9.60. The van der Waals surface area contributed by atoms with Crippen molar-refractivity contribution in [3.05, 3.63) is 53.3 Å². The summed E-state index contributed by atoms with van der Waals surface area (Å²) in [5, 5.41) is 0.388. The Morgan fingerprint density at radius 2 is 1.89 bits per heavy atom. The summed E-state index contributed by atoms with van der Waals surface area (Å²) in [6, 6.07) is 9.30. The first-order valence-electron chi connectivity index (χ1n) is 5.21. The Morgan fingerprint density at radius 3 is 2.53 bits per heavy atom. The minimum Gasteiger partial charge on any atom is -0.399 e. The van der Waals surface area contributed by atoms with E-state index in [1.54, 1.807) is 12.1 Å². The molecule has 2 aromatic rings. The summed E-state index contributed by atoms with van der Waals surface area (Å²) in [7, 11) is -3.90. The fourth-order valence-corrected chi connectivity index (χ4v) is 2.81. The maximum atomic E-state index is 13.2. The van der Waals surface area contributed by atoms with Crippen LogP contribution < -0.4 is 10.5 Å². The molecule has 0 atom stereocenters. The number of hydrogen-bond donors (Lipinski definition) is 2. The van der Waals surface area contributed by atoms with Crippen molar-refractivity contribution in [3.8, 4) is 0 Å². The molecule has 0 heterocycles. The second-order valence-corrected chi connectivity index (χ2v) is 5.95. The highest BCUT2D eigenvalue weighted by Crippen LogP contribution is 2.21. The molecule has 100 valence electrons. The molecule has 0 aliphatic rings. The third-order valence-electron chi connectivity index (χ3n) is 2.28. The zero-order valence-corrected chi connectivity index (χ0v) is 11.2. The van der Waals surface area contributed by atoms with Gasteiger partial charge in [0.1, 0.15) is 5.82 Å². The van der Waals surface area contributed by atoms with Crippen LogP contribution in [0, 0.1) is 5.82 Å². The quantitative estimate of drug-likeness (QED) is 0.856. The van der Waals surface area contributed by atoms with Gasteiger partial charge in [-0.1, -0.05) is 17.7 Å². The number of nitrogens with one attached hydrogen (secondary N) is 1. The second kappa shape index (κ2) is 5.07. The minimum absolute atomic E-state index is 0.0338. The Morgan fingerprint density at radius 1 is 1.16 bits per heavy atom. The molecule has 0 unspecified atom stereocenters. The summed E-state index contributed by atoms with van der Waals surface area (Å²) in [6.45, 7) is 0. The third kappa shape index (κ3) is 3.36. The van der Waals surface area contributed by atoms with Crippen LogP contribution in [0.3, 0.4) is 0 Å². The number of nitrogen functional groups attached to an aromatic ring is 1. The molecule has 0 aromatic heterocycles. The number of benzene rings is 2. The smallest absolute Gasteiger partial charge is 0.262 e. The first-order valence-corrected chi connectivity index (χ1v) is 7.07. The van der Waals surface area contributed by atoms with Crippen LogP contribution in [0.25, 0.3) is 0 Å². The van der Waals surface area contributed by atoms with Gasteiger partial charge in [0.15, 0.2) is 0 Å². The lowest BCUT2D eigenvalue weighted by molar-refractivity contribution is 0.595. The van der Waals surface area contributed by atoms with E-state index in [1.807, 2.05) is 0 Å². The van der Waals surface area contributed by atoms with Gasteiger partial charge < -0.3 is 5.73 Å². The van der Waals surface area contributed by atoms with Crippen molar-refractivity contribution in [1.82, 2.24) is 0 Å². The molecule has 0 fully saturated rings. The van der Waals surface area contributed by atoms with Crippen molar-refractivity contribution in [2.45, 2.75) is 4.90 Å². The van der Waals surface area contributed by atoms with Crippen molar-refractivity contribution in [1.29, 1.82) is 0 Å². The van der Waals surface area contributed by atoms with E-state index in [2.05, 4.69) is 4.72 Å². The number of nitrogens with two attached hydrogens (primary N) is 1. The van der Waals surface area contributed by atoms with Crippen LogP contribution >= 0.6 is 11.6 Å². The summed E-state index contributed by atoms with van der Waals surface area (Å²) in [5.74, 6) is -0.716. The van der Waals surface area contributed by atoms with Crippen molar-refractivity contribution < 1.29 is 12.8 Å². The maximum absolute atomic E-state index is 13.2. The minimum atomic E-state index is -3.90. The van der Waals surface area contributed by atoms with E-state index in [-0.39, 0.29) is 16.3 Å². The fraction of sp³-hybridized carbons (Fsp3) is 0. The maximum Gasteiger partial charge on any atom is 0.262 e. The molecule has 2 aromatic carbocycles. The standard InChI is InChI=1S/C12H10ClFN2O2S/c13-8-2-1-3-11(4-8)16-19(17,18)12-6-9(14)5-10(15)7-12/h1-7,16H,15H2. The first kappa shape index (κ1) is 13.6. The van der Waals surface area contributed by atoms with Gasteiger partial charge in [-0.2, -0.15) is 0 Å². The predicted molar refractivity (Wildman–Crippen MR) is 73.1 cm³/mol. The summed E-state index contributed by atoms with van der Waals surface area (Å²) in [5.41, 5.74) is 5.74. The van der Waals surface area contributed by atoms with E-state index >= 15 is 0 Å². The number of sulfonamides is 1. The average Bonchev–Trinajstić information content (AvgIpc) is 2.26. The molecule has 0 amide bonds. The van der Waals surface area contributed by atoms with Gasteiger partial charge in [0, 0.05) is 10.7 Å². The van der Waals surface area contributed by atoms with Gasteiger partial charge in [-0.3, -0.25) is 4.72 Å². The number of hydrogen-bond acceptors (Lipinski definition) is 3. The van der Waals surface area contributed by atoms with Gasteiger partial charge in [-0.15, -0.1) is 0 Å². The van der Waals surface area contributed by atoms with Gasteiger partial charge >= 0.3 is 0 Å². The molecule has 19 heavy (non-hydrogen) atoms. The Hall–Kier alpha value is -1.79. The van der Waals surface area contributed by atoms with Crippen LogP contribution in [0.4, 0.5) is 15.8 Å². The van der Waals surface area contributed by atoms with Crippen molar-refractivity contribution in [3.63, 3.8) is 0 Å². The number of anilines is 2. The fourth-order valence-electron chi connectivity index (χ4n) is 1.51. The first-order chi connectivity index (χ1) is 8.87. The molecule has 7 heteroatoms. The largest absolute Gasteiger partial charge is 0.399 e. The van der Waals surface area contributed by atoms with Crippen LogP contribution in [-0.2, 0) is 10.0 Å². The van der Waals surface area contributed by atoms with Crippen molar-refractivity contribution >= 4 is 33.0 Å². The monoisotopic (exact) mass is 300 g/mol. The average molecular weight is 301 g/mol. The van der Waals surface area contributed by atoms with E-state index < -0.39 is 15.8 Å². The summed E-state index contributed by atoms with van der Waals surface area (Å²) in [6.07, 6.45) is 0. The van der Waals surface area contributed by atoms with Gasteiger partial charge in [0.2, 0.25) is 0 Å². The van der Waals surface area contributed by atoms with Gasteiger partial charge in [-0.05, 0) is 36.4 Å². The van der Waals surface area contributed by atoms with Crippen LogP contribution in [0.5, 0.6) is 0 Å². The molecule has 0 spiro atoms. The topological polar surface area (TPSA) is 72.2 Å². The van der Waals surface area contributed by atoms with E-state index in [0.717, 1.165) is 12.1 Å². The SMILES string of the molecule is Nc1cc(F)cc(S(=O)(=O)Nc2cccc(Cl)c2)c1. The Labute approximate surface area is 115 Å². The normalized spacial score (nSPS) is 11.3. The second-order valence-electron chi connectivity index (χ2n) is 3.84. The Kier molecular flexibility index (Phi) is 3.64. The van der Waals surface area contributed by atoms with Gasteiger partial charge in [0.05, 0.1) is 10.6 Å². The highest BCUT2D eigenvalue weighted by atomic mass is 35.5. The van der Waals surface area contributed by atoms with E-state index in [0.29, 0.717) is 5.02 Å². The van der Waals surface area contributed by atoms with Crippen molar-refractivity contribution in [2.24, 2.45) is 0 Å². The lowest BCUT2D eigenvalue weighted by Crippen LogP contribution is -2.13. The molecule has 4 nitrogen and oxygen atoms in total. The molecular formula is C12H10ClFN2O2S. The van der Waals surface area contributed by atoms with Crippen LogP contribution in [0.2, 0.25) is 5.02 Å². The molecule has 2 rings (SSSR count). The molecule has 0 saturated heterocycles. The van der Waals surface area contributed by atoms with Crippen LogP contribution in [0.1, 0.15) is 0 Å². The zero-order chi connectivity index (χ0) is 14.0. The van der Waals surface area contributed by atoms with E-state index in [9.17, 15) is 12.8 Å². The third-order valence-corrected chi connectivity index (χ3v) is 3.88. The lowest BCUT2D eigenvalue weighted by atomic mass is 10.3. The van der Waals surface area contributed by atoms with Gasteiger partial charge in [0.25, 0.3) is 10.0 Å². The Bertz CT molecular complexity index is 699. The molecular weight excluding hydrogens is 291 g/mol. The van der Waals surface area contributed by atoms with Crippen LogP contribution in [-0.4, -0.2) is 8.42 Å². The molecule has 0 aliphatic carbocycles. The molecule has 0 bridgehead atoms. The molecule has 0 radical (unpaired) electrons. The van der Waals surface area contributed by atoms with E-state index in [4.69, 9.17) is 17.3 Å². The predicted octanol–water partition coefficient (Wildman–Crippen LogP) is 2.86.